The highest BCUT2D eigenvalue weighted by molar-refractivity contribution is 8.01. The number of hydrogen-bond acceptors (Lipinski definition) is 5. The molecule has 174 valence electrons. The average Bonchev–Trinajstić information content (AvgIpc) is 3.18. The first-order chi connectivity index (χ1) is 15.7. The van der Waals surface area contributed by atoms with Crippen molar-refractivity contribution in [1.82, 2.24) is 4.98 Å². The Morgan fingerprint density at radius 3 is 2.73 bits per heavy atom. The predicted molar refractivity (Wildman–Crippen MR) is 138 cm³/mol. The smallest absolute Gasteiger partial charge is 0.156 e. The van der Waals surface area contributed by atoms with Gasteiger partial charge in [0.1, 0.15) is 11.5 Å². The van der Waals surface area contributed by atoms with Crippen LogP contribution in [0.3, 0.4) is 0 Å². The molecule has 1 fully saturated rings. The van der Waals surface area contributed by atoms with Crippen molar-refractivity contribution in [3.05, 3.63) is 53.6 Å². The van der Waals surface area contributed by atoms with E-state index in [4.69, 9.17) is 4.98 Å². The second-order valence-electron chi connectivity index (χ2n) is 10.6. The summed E-state index contributed by atoms with van der Waals surface area (Å²) in [5.74, 6) is 1.63. The molecule has 3 nitrogen and oxygen atoms in total. The van der Waals surface area contributed by atoms with Crippen molar-refractivity contribution in [1.29, 1.82) is 0 Å². The van der Waals surface area contributed by atoms with E-state index in [0.717, 1.165) is 33.0 Å². The van der Waals surface area contributed by atoms with E-state index in [0.29, 0.717) is 22.5 Å². The largest absolute Gasteiger partial charge is 0.508 e. The van der Waals surface area contributed by atoms with Gasteiger partial charge in [-0.1, -0.05) is 56.3 Å². The Morgan fingerprint density at radius 2 is 1.94 bits per heavy atom. The number of thiazole rings is 1. The summed E-state index contributed by atoms with van der Waals surface area (Å²) in [7, 11) is 0. The molecule has 0 unspecified atom stereocenters. The molecule has 1 aromatic heterocycles. The molecule has 0 saturated heterocycles. The van der Waals surface area contributed by atoms with Gasteiger partial charge in [0.25, 0.3) is 0 Å². The fourth-order valence-electron chi connectivity index (χ4n) is 6.47. The highest BCUT2D eigenvalue weighted by atomic mass is 32.2. The summed E-state index contributed by atoms with van der Waals surface area (Å²) in [6.45, 7) is 9.55. The number of phenols is 2. The Balaban J connectivity index is 1.49. The molecule has 0 amide bonds. The van der Waals surface area contributed by atoms with Crippen LogP contribution < -0.4 is 0 Å². The molecule has 4 atom stereocenters. The zero-order chi connectivity index (χ0) is 23.4. The summed E-state index contributed by atoms with van der Waals surface area (Å²) in [5, 5.41) is 21.9. The Morgan fingerprint density at radius 1 is 1.15 bits per heavy atom. The second-order valence-corrected chi connectivity index (χ2v) is 12.9. The number of fused-ring (bicyclic) bond motifs is 2. The van der Waals surface area contributed by atoms with Crippen LogP contribution in [-0.2, 0) is 6.42 Å². The number of benzene rings is 2. The van der Waals surface area contributed by atoms with Crippen LogP contribution in [0.4, 0.5) is 0 Å². The van der Waals surface area contributed by atoms with Gasteiger partial charge in [0.05, 0.1) is 15.1 Å². The SMILES string of the molecule is CC1=CCC[C@H]2[C@](C)(Cc3cc(O)cc(Sc4nc5ccccc5s4)c3O)[C@@H](C)CC[C@]12C. The van der Waals surface area contributed by atoms with Crippen LogP contribution in [0.2, 0.25) is 0 Å². The summed E-state index contributed by atoms with van der Waals surface area (Å²) in [4.78, 5) is 5.38. The molecule has 2 aliphatic carbocycles. The van der Waals surface area contributed by atoms with Gasteiger partial charge in [-0.05, 0) is 91.5 Å². The molecular weight excluding hydrogens is 446 g/mol. The van der Waals surface area contributed by atoms with Crippen LogP contribution in [0.25, 0.3) is 10.2 Å². The first-order valence-corrected chi connectivity index (χ1v) is 13.6. The van der Waals surface area contributed by atoms with Gasteiger partial charge in [-0.3, -0.25) is 0 Å². The van der Waals surface area contributed by atoms with E-state index in [1.165, 1.54) is 36.6 Å². The minimum Gasteiger partial charge on any atom is -0.508 e. The summed E-state index contributed by atoms with van der Waals surface area (Å²) >= 11 is 3.06. The maximum atomic E-state index is 11.3. The summed E-state index contributed by atoms with van der Waals surface area (Å²) in [6.07, 6.45) is 7.98. The molecule has 0 spiro atoms. The lowest BCUT2D eigenvalue weighted by atomic mass is 9.47. The number of aromatic hydroxyl groups is 2. The van der Waals surface area contributed by atoms with E-state index in [2.05, 4.69) is 39.8 Å². The Labute approximate surface area is 205 Å². The van der Waals surface area contributed by atoms with Crippen molar-refractivity contribution < 1.29 is 10.2 Å². The zero-order valence-electron chi connectivity index (χ0n) is 19.9. The molecule has 0 bridgehead atoms. The molecule has 2 aliphatic rings. The third-order valence-corrected chi connectivity index (χ3v) is 10.9. The topological polar surface area (TPSA) is 53.4 Å². The highest BCUT2D eigenvalue weighted by Gasteiger charge is 2.53. The van der Waals surface area contributed by atoms with Crippen molar-refractivity contribution in [2.75, 3.05) is 0 Å². The molecule has 0 radical (unpaired) electrons. The van der Waals surface area contributed by atoms with Crippen molar-refractivity contribution in [2.24, 2.45) is 22.7 Å². The van der Waals surface area contributed by atoms with Crippen molar-refractivity contribution in [3.8, 4) is 11.5 Å². The van der Waals surface area contributed by atoms with Crippen molar-refractivity contribution in [3.63, 3.8) is 0 Å². The fraction of sp³-hybridized carbons (Fsp3) is 0.464. The zero-order valence-corrected chi connectivity index (χ0v) is 21.5. The van der Waals surface area contributed by atoms with Gasteiger partial charge in [0.2, 0.25) is 0 Å². The van der Waals surface area contributed by atoms with Crippen LogP contribution in [0.1, 0.15) is 58.9 Å². The van der Waals surface area contributed by atoms with Crippen molar-refractivity contribution >= 4 is 33.3 Å². The van der Waals surface area contributed by atoms with E-state index in [1.54, 1.807) is 23.5 Å². The minimum absolute atomic E-state index is 0.0611. The summed E-state index contributed by atoms with van der Waals surface area (Å²) in [6, 6.07) is 11.5. The van der Waals surface area contributed by atoms with E-state index < -0.39 is 0 Å². The number of allylic oxidation sites excluding steroid dienone is 2. The number of para-hydroxylation sites is 1. The number of aromatic nitrogens is 1. The van der Waals surface area contributed by atoms with Gasteiger partial charge in [0, 0.05) is 0 Å². The first kappa shape index (κ1) is 22.8. The van der Waals surface area contributed by atoms with E-state index in [9.17, 15) is 10.2 Å². The van der Waals surface area contributed by atoms with Crippen LogP contribution >= 0.6 is 23.1 Å². The predicted octanol–water partition coefficient (Wildman–Crippen LogP) is 8.20. The fourth-order valence-corrected chi connectivity index (χ4v) is 8.61. The maximum absolute atomic E-state index is 11.3. The lowest BCUT2D eigenvalue weighted by Gasteiger charge is -2.58. The molecular formula is C28H33NO2S2. The molecule has 2 N–H and O–H groups in total. The lowest BCUT2D eigenvalue weighted by molar-refractivity contribution is -0.0412. The first-order valence-electron chi connectivity index (χ1n) is 12.0. The molecule has 0 aliphatic heterocycles. The molecule has 1 saturated carbocycles. The number of phenolic OH excluding ortho intramolecular Hbond substituents is 2. The minimum atomic E-state index is 0.0611. The van der Waals surface area contributed by atoms with E-state index in [1.807, 2.05) is 18.2 Å². The average molecular weight is 480 g/mol. The van der Waals surface area contributed by atoms with Crippen LogP contribution in [-0.4, -0.2) is 15.2 Å². The highest BCUT2D eigenvalue weighted by Crippen LogP contribution is 2.61. The van der Waals surface area contributed by atoms with E-state index in [-0.39, 0.29) is 16.6 Å². The standard InChI is InChI=1S/C28H33NO2S2/c1-17-8-7-11-24-27(17,3)13-12-18(2)28(24,4)16-19-14-20(30)15-23(25(19)31)33-26-29-21-9-5-6-10-22(21)32-26/h5-6,8-10,14-15,18,24,30-31H,7,11-13,16H2,1-4H3/t18-,24+,27+,28+/m0/s1. The number of rotatable bonds is 4. The van der Waals surface area contributed by atoms with Gasteiger partial charge >= 0.3 is 0 Å². The molecule has 3 aromatic rings. The van der Waals surface area contributed by atoms with Gasteiger partial charge < -0.3 is 10.2 Å². The third kappa shape index (κ3) is 3.87. The Bertz CT molecular complexity index is 1200. The van der Waals surface area contributed by atoms with Crippen LogP contribution in [0, 0.1) is 22.7 Å². The normalized spacial score (nSPS) is 29.6. The van der Waals surface area contributed by atoms with Crippen LogP contribution in [0.5, 0.6) is 11.5 Å². The van der Waals surface area contributed by atoms with Gasteiger partial charge in [-0.2, -0.15) is 0 Å². The Kier molecular flexibility index (Phi) is 5.77. The maximum Gasteiger partial charge on any atom is 0.156 e. The third-order valence-electron chi connectivity index (χ3n) is 8.78. The quantitative estimate of drug-likeness (QED) is 0.292. The molecule has 33 heavy (non-hydrogen) atoms. The Hall–Kier alpha value is -1.98. The number of nitrogens with zero attached hydrogens (tertiary/aromatic N) is 1. The monoisotopic (exact) mass is 479 g/mol. The number of hydrogen-bond donors (Lipinski definition) is 2. The van der Waals surface area contributed by atoms with Gasteiger partial charge in [-0.15, -0.1) is 11.3 Å². The molecule has 5 rings (SSSR count). The summed E-state index contributed by atoms with van der Waals surface area (Å²) in [5.41, 5.74) is 3.64. The van der Waals surface area contributed by atoms with Crippen molar-refractivity contribution in [2.45, 2.75) is 69.0 Å². The van der Waals surface area contributed by atoms with Gasteiger partial charge in [-0.25, -0.2) is 4.98 Å². The second kappa shape index (κ2) is 8.35. The molecule has 2 aromatic carbocycles. The summed E-state index contributed by atoms with van der Waals surface area (Å²) < 4.78 is 2.00. The molecule has 1 heterocycles. The van der Waals surface area contributed by atoms with Gasteiger partial charge in [0.15, 0.2) is 4.34 Å². The lowest BCUT2D eigenvalue weighted by Crippen LogP contribution is -2.50. The molecule has 5 heteroatoms. The van der Waals surface area contributed by atoms with Crippen LogP contribution in [0.15, 0.2) is 57.3 Å². The van der Waals surface area contributed by atoms with E-state index >= 15 is 0 Å².